The van der Waals surface area contributed by atoms with Gasteiger partial charge in [-0.3, -0.25) is 0 Å². The summed E-state index contributed by atoms with van der Waals surface area (Å²) in [6, 6.07) is 11.1. The number of rotatable bonds is 7. The predicted molar refractivity (Wildman–Crippen MR) is 76.1 cm³/mol. The van der Waals surface area contributed by atoms with Crippen molar-refractivity contribution in [1.29, 1.82) is 5.26 Å². The smallest absolute Gasteiger partial charge is 0.171 e. The number of hydrogen-bond acceptors (Lipinski definition) is 6. The molecule has 0 radical (unpaired) electrons. The van der Waals surface area contributed by atoms with Crippen LogP contribution in [0, 0.1) is 11.3 Å². The van der Waals surface area contributed by atoms with Gasteiger partial charge in [-0.15, -0.1) is 5.10 Å². The number of nitriles is 1. The van der Waals surface area contributed by atoms with Gasteiger partial charge in [0.05, 0.1) is 17.5 Å². The van der Waals surface area contributed by atoms with Crippen molar-refractivity contribution in [2.45, 2.75) is 25.0 Å². The molecule has 2 rings (SSSR count). The lowest BCUT2D eigenvalue weighted by molar-refractivity contribution is 0.588. The minimum absolute atomic E-state index is 0.0380. The van der Waals surface area contributed by atoms with E-state index in [1.54, 1.807) is 12.1 Å². The van der Waals surface area contributed by atoms with Crippen LogP contribution in [0.2, 0.25) is 0 Å². The number of tetrazole rings is 1. The van der Waals surface area contributed by atoms with Gasteiger partial charge in [-0.05, 0) is 35.4 Å². The van der Waals surface area contributed by atoms with E-state index in [1.807, 2.05) is 24.3 Å². The second-order valence-electron chi connectivity index (χ2n) is 4.55. The number of nitrogens with zero attached hydrogens (tertiary/aromatic N) is 5. The van der Waals surface area contributed by atoms with E-state index in [2.05, 4.69) is 15.5 Å². The third-order valence-corrected chi connectivity index (χ3v) is 4.49. The Kier molecular flexibility index (Phi) is 5.00. The number of hydrogen-bond donors (Lipinski definition) is 0. The Labute approximate surface area is 123 Å². The maximum atomic E-state index is 12.1. The summed E-state index contributed by atoms with van der Waals surface area (Å²) in [5.74, 6) is 0.124. The van der Waals surface area contributed by atoms with Gasteiger partial charge in [0.15, 0.2) is 15.7 Å². The van der Waals surface area contributed by atoms with Crippen molar-refractivity contribution < 1.29 is 8.42 Å². The first-order chi connectivity index (χ1) is 10.1. The molecule has 1 heterocycles. The highest BCUT2D eigenvalue weighted by atomic mass is 32.2. The minimum atomic E-state index is -3.29. The SMILES string of the molecule is N#CCCCCS(=O)(=O)Cc1nnnn1-c1ccccc1. The zero-order chi connectivity index (χ0) is 15.1. The molecule has 0 atom stereocenters. The van der Waals surface area contributed by atoms with E-state index in [0.29, 0.717) is 25.1 Å². The van der Waals surface area contributed by atoms with Crippen LogP contribution in [0.25, 0.3) is 5.69 Å². The molecule has 21 heavy (non-hydrogen) atoms. The van der Waals surface area contributed by atoms with Crippen molar-refractivity contribution >= 4 is 9.84 Å². The molecular weight excluding hydrogens is 290 g/mol. The fraction of sp³-hybridized carbons (Fsp3) is 0.385. The first-order valence-corrected chi connectivity index (χ1v) is 8.34. The topological polar surface area (TPSA) is 102 Å². The Morgan fingerprint density at radius 3 is 2.67 bits per heavy atom. The summed E-state index contributed by atoms with van der Waals surface area (Å²) in [7, 11) is -3.29. The second kappa shape index (κ2) is 6.95. The van der Waals surface area contributed by atoms with Crippen LogP contribution in [0.1, 0.15) is 25.1 Å². The van der Waals surface area contributed by atoms with Crippen molar-refractivity contribution in [1.82, 2.24) is 20.2 Å². The molecule has 2 aromatic rings. The van der Waals surface area contributed by atoms with Crippen molar-refractivity contribution in [3.63, 3.8) is 0 Å². The first-order valence-electron chi connectivity index (χ1n) is 6.52. The lowest BCUT2D eigenvalue weighted by Crippen LogP contribution is -2.13. The Bertz CT molecular complexity index is 719. The average Bonchev–Trinajstić information content (AvgIpc) is 2.92. The molecule has 0 fully saturated rings. The van der Waals surface area contributed by atoms with Crippen LogP contribution >= 0.6 is 0 Å². The second-order valence-corrected chi connectivity index (χ2v) is 6.73. The molecule has 8 heteroatoms. The minimum Gasteiger partial charge on any atom is -0.228 e. The van der Waals surface area contributed by atoms with Crippen LogP contribution in [0.3, 0.4) is 0 Å². The van der Waals surface area contributed by atoms with E-state index < -0.39 is 9.84 Å². The van der Waals surface area contributed by atoms with Gasteiger partial charge >= 0.3 is 0 Å². The summed E-state index contributed by atoms with van der Waals surface area (Å²) in [4.78, 5) is 0. The van der Waals surface area contributed by atoms with Crippen molar-refractivity contribution in [2.24, 2.45) is 0 Å². The van der Waals surface area contributed by atoms with E-state index in [1.165, 1.54) is 4.68 Å². The lowest BCUT2D eigenvalue weighted by Gasteiger charge is -2.05. The molecule has 0 N–H and O–H groups in total. The van der Waals surface area contributed by atoms with Gasteiger partial charge in [0.2, 0.25) is 0 Å². The third kappa shape index (κ3) is 4.36. The Morgan fingerprint density at radius 2 is 1.95 bits per heavy atom. The van der Waals surface area contributed by atoms with Crippen molar-refractivity contribution in [3.05, 3.63) is 36.2 Å². The molecule has 0 saturated heterocycles. The van der Waals surface area contributed by atoms with E-state index in [-0.39, 0.29) is 11.5 Å². The predicted octanol–water partition coefficient (Wildman–Crippen LogP) is 1.27. The maximum Gasteiger partial charge on any atom is 0.171 e. The Morgan fingerprint density at radius 1 is 1.19 bits per heavy atom. The van der Waals surface area contributed by atoms with E-state index in [4.69, 9.17) is 5.26 Å². The Balaban J connectivity index is 2.07. The number of para-hydroxylation sites is 1. The van der Waals surface area contributed by atoms with Gasteiger partial charge in [0, 0.05) is 6.42 Å². The molecule has 0 aliphatic rings. The van der Waals surface area contributed by atoms with E-state index >= 15 is 0 Å². The van der Waals surface area contributed by atoms with Crippen LogP contribution in [-0.2, 0) is 15.6 Å². The molecule has 1 aromatic heterocycles. The molecule has 0 aliphatic heterocycles. The van der Waals surface area contributed by atoms with Gasteiger partial charge in [-0.25, -0.2) is 8.42 Å². The maximum absolute atomic E-state index is 12.1. The van der Waals surface area contributed by atoms with Crippen LogP contribution in [-0.4, -0.2) is 34.4 Å². The van der Waals surface area contributed by atoms with Gasteiger partial charge in [-0.2, -0.15) is 9.94 Å². The molecule has 0 aliphatic carbocycles. The molecule has 7 nitrogen and oxygen atoms in total. The molecule has 0 saturated carbocycles. The summed E-state index contributed by atoms with van der Waals surface area (Å²) >= 11 is 0. The normalized spacial score (nSPS) is 11.2. The van der Waals surface area contributed by atoms with E-state index in [0.717, 1.165) is 5.69 Å². The first kappa shape index (κ1) is 15.1. The number of unbranched alkanes of at least 4 members (excludes halogenated alkanes) is 2. The quantitative estimate of drug-likeness (QED) is 0.714. The highest BCUT2D eigenvalue weighted by Gasteiger charge is 2.17. The molecule has 0 spiro atoms. The average molecular weight is 305 g/mol. The van der Waals surface area contributed by atoms with Crippen molar-refractivity contribution in [2.75, 3.05) is 5.75 Å². The van der Waals surface area contributed by atoms with Gasteiger partial charge in [0.1, 0.15) is 5.75 Å². The Hall–Kier alpha value is -2.27. The highest BCUT2D eigenvalue weighted by molar-refractivity contribution is 7.90. The standard InChI is InChI=1S/C13H15N5O2S/c14-9-5-2-6-10-21(19,20)11-13-15-16-17-18(13)12-7-3-1-4-8-12/h1,3-4,7-8H,2,5-6,10-11H2. The fourth-order valence-electron chi connectivity index (χ4n) is 1.86. The van der Waals surface area contributed by atoms with Gasteiger partial charge in [0.25, 0.3) is 0 Å². The summed E-state index contributed by atoms with van der Waals surface area (Å²) in [6.45, 7) is 0. The van der Waals surface area contributed by atoms with Crippen LogP contribution in [0.5, 0.6) is 0 Å². The molecule has 0 amide bonds. The molecule has 1 aromatic carbocycles. The lowest BCUT2D eigenvalue weighted by atomic mass is 10.3. The molecular formula is C13H15N5O2S. The van der Waals surface area contributed by atoms with E-state index in [9.17, 15) is 8.42 Å². The van der Waals surface area contributed by atoms with Crippen LogP contribution in [0.15, 0.2) is 30.3 Å². The highest BCUT2D eigenvalue weighted by Crippen LogP contribution is 2.11. The zero-order valence-corrected chi connectivity index (χ0v) is 12.2. The third-order valence-electron chi connectivity index (χ3n) is 2.88. The van der Waals surface area contributed by atoms with Crippen LogP contribution < -0.4 is 0 Å². The number of aromatic nitrogens is 4. The van der Waals surface area contributed by atoms with Crippen LogP contribution in [0.4, 0.5) is 0 Å². The summed E-state index contributed by atoms with van der Waals surface area (Å²) in [6.07, 6.45) is 1.43. The molecule has 0 bridgehead atoms. The zero-order valence-electron chi connectivity index (χ0n) is 11.4. The summed E-state index contributed by atoms with van der Waals surface area (Å²) in [5, 5.41) is 19.6. The largest absolute Gasteiger partial charge is 0.228 e. The monoisotopic (exact) mass is 305 g/mol. The number of sulfone groups is 1. The summed E-state index contributed by atoms with van der Waals surface area (Å²) in [5.41, 5.74) is 0.720. The van der Waals surface area contributed by atoms with Gasteiger partial charge in [-0.1, -0.05) is 18.2 Å². The summed E-state index contributed by atoms with van der Waals surface area (Å²) < 4.78 is 25.5. The molecule has 0 unspecified atom stereocenters. The number of benzene rings is 1. The van der Waals surface area contributed by atoms with Gasteiger partial charge < -0.3 is 0 Å². The van der Waals surface area contributed by atoms with Crippen molar-refractivity contribution in [3.8, 4) is 11.8 Å². The fourth-order valence-corrected chi connectivity index (χ4v) is 3.22. The molecule has 110 valence electrons.